The highest BCUT2D eigenvalue weighted by Crippen LogP contribution is 2.23. The second-order valence-electron chi connectivity index (χ2n) is 4.29. The molecule has 5 heteroatoms. The van der Waals surface area contributed by atoms with Crippen molar-refractivity contribution >= 4 is 11.9 Å². The van der Waals surface area contributed by atoms with Gasteiger partial charge in [0.1, 0.15) is 11.9 Å². The third kappa shape index (κ3) is 5.38. The number of rotatable bonds is 7. The molecule has 4 nitrogen and oxygen atoms in total. The van der Waals surface area contributed by atoms with Gasteiger partial charge in [-0.15, -0.1) is 0 Å². The van der Waals surface area contributed by atoms with Gasteiger partial charge < -0.3 is 9.47 Å². The molecule has 0 amide bonds. The van der Waals surface area contributed by atoms with Crippen LogP contribution in [0.1, 0.15) is 44.8 Å². The van der Waals surface area contributed by atoms with Gasteiger partial charge in [0.2, 0.25) is 0 Å². The highest BCUT2D eigenvalue weighted by molar-refractivity contribution is 5.73. The molecule has 0 aromatic heterocycles. The molecule has 1 atom stereocenters. The van der Waals surface area contributed by atoms with E-state index in [4.69, 9.17) is 9.47 Å². The number of hydrogen-bond donors (Lipinski definition) is 0. The van der Waals surface area contributed by atoms with Gasteiger partial charge in [0.25, 0.3) is 0 Å². The summed E-state index contributed by atoms with van der Waals surface area (Å²) in [6, 6.07) is 5.53. The van der Waals surface area contributed by atoms with Gasteiger partial charge >= 0.3 is 11.9 Å². The standard InChI is InChI=1S/C15H19FO4/c1-3-5-14(17)20-13(10-15(18)19-4-2)11-6-8-12(16)9-7-11/h6-9,13H,3-5,10H2,1-2H3/t13-/m0/s1. The fraction of sp³-hybridized carbons (Fsp3) is 0.467. The SMILES string of the molecule is CCCC(=O)O[C@@H](CC(=O)OCC)c1ccc(F)cc1. The third-order valence-corrected chi connectivity index (χ3v) is 2.63. The van der Waals surface area contributed by atoms with Gasteiger partial charge in [-0.2, -0.15) is 0 Å². The van der Waals surface area contributed by atoms with Gasteiger partial charge in [0.05, 0.1) is 13.0 Å². The minimum absolute atomic E-state index is 0.0745. The molecule has 0 aliphatic heterocycles. The van der Waals surface area contributed by atoms with Crippen LogP contribution in [0, 0.1) is 5.82 Å². The largest absolute Gasteiger partial charge is 0.466 e. The minimum Gasteiger partial charge on any atom is -0.466 e. The van der Waals surface area contributed by atoms with Gasteiger partial charge in [-0.1, -0.05) is 19.1 Å². The van der Waals surface area contributed by atoms with E-state index in [1.165, 1.54) is 24.3 Å². The molecule has 0 bridgehead atoms. The third-order valence-electron chi connectivity index (χ3n) is 2.63. The van der Waals surface area contributed by atoms with Crippen molar-refractivity contribution in [3.8, 4) is 0 Å². The van der Waals surface area contributed by atoms with Crippen LogP contribution in [0.15, 0.2) is 24.3 Å². The molecule has 0 unspecified atom stereocenters. The van der Waals surface area contributed by atoms with Crippen LogP contribution in [0.4, 0.5) is 4.39 Å². The normalized spacial score (nSPS) is 11.8. The zero-order chi connectivity index (χ0) is 15.0. The number of esters is 2. The van der Waals surface area contributed by atoms with Crippen LogP contribution in [0.5, 0.6) is 0 Å². The Morgan fingerprint density at radius 2 is 1.80 bits per heavy atom. The summed E-state index contributed by atoms with van der Waals surface area (Å²) >= 11 is 0. The lowest BCUT2D eigenvalue weighted by Crippen LogP contribution is -2.16. The highest BCUT2D eigenvalue weighted by Gasteiger charge is 2.21. The number of benzene rings is 1. The first kappa shape index (κ1) is 16.1. The van der Waals surface area contributed by atoms with Gasteiger partial charge in [-0.05, 0) is 31.0 Å². The smallest absolute Gasteiger partial charge is 0.309 e. The summed E-state index contributed by atoms with van der Waals surface area (Å²) in [7, 11) is 0. The van der Waals surface area contributed by atoms with Crippen molar-refractivity contribution in [2.45, 2.75) is 39.2 Å². The minimum atomic E-state index is -0.742. The Kier molecular flexibility index (Phi) is 6.70. The summed E-state index contributed by atoms with van der Waals surface area (Å²) in [5.41, 5.74) is 0.573. The van der Waals surface area contributed by atoms with Gasteiger partial charge in [-0.3, -0.25) is 9.59 Å². The number of carbonyl (C=O) groups excluding carboxylic acids is 2. The summed E-state index contributed by atoms with van der Waals surface area (Å²) < 4.78 is 23.0. The maximum absolute atomic E-state index is 12.9. The van der Waals surface area contributed by atoms with E-state index < -0.39 is 12.1 Å². The topological polar surface area (TPSA) is 52.6 Å². The molecular weight excluding hydrogens is 263 g/mol. The van der Waals surface area contributed by atoms with Crippen molar-refractivity contribution in [3.05, 3.63) is 35.6 Å². The summed E-state index contributed by atoms with van der Waals surface area (Å²) in [6.45, 7) is 3.82. The van der Waals surface area contributed by atoms with Crippen molar-refractivity contribution in [2.75, 3.05) is 6.61 Å². The van der Waals surface area contributed by atoms with Gasteiger partial charge in [-0.25, -0.2) is 4.39 Å². The van der Waals surface area contributed by atoms with Gasteiger partial charge in [0.15, 0.2) is 0 Å². The molecule has 1 aromatic rings. The molecule has 0 saturated carbocycles. The van der Waals surface area contributed by atoms with E-state index in [2.05, 4.69) is 0 Å². The van der Waals surface area contributed by atoms with Crippen LogP contribution >= 0.6 is 0 Å². The van der Waals surface area contributed by atoms with Crippen molar-refractivity contribution < 1.29 is 23.5 Å². The quantitative estimate of drug-likeness (QED) is 0.721. The molecule has 1 rings (SSSR count). The number of hydrogen-bond acceptors (Lipinski definition) is 4. The Hall–Kier alpha value is -1.91. The molecule has 0 heterocycles. The lowest BCUT2D eigenvalue weighted by Gasteiger charge is -2.17. The predicted octanol–water partition coefficient (Wildman–Crippen LogP) is 3.16. The maximum Gasteiger partial charge on any atom is 0.309 e. The second kappa shape index (κ2) is 8.30. The molecular formula is C15H19FO4. The first-order valence-electron chi connectivity index (χ1n) is 6.67. The van der Waals surface area contributed by atoms with Crippen LogP contribution in [-0.4, -0.2) is 18.5 Å². The molecule has 0 N–H and O–H groups in total. The molecule has 0 fully saturated rings. The summed E-state index contributed by atoms with van der Waals surface area (Å²) in [6.07, 6.45) is 0.123. The molecule has 0 spiro atoms. The molecule has 110 valence electrons. The maximum atomic E-state index is 12.9. The molecule has 0 radical (unpaired) electrons. The lowest BCUT2D eigenvalue weighted by molar-refractivity contribution is -0.155. The number of carbonyl (C=O) groups is 2. The number of ether oxygens (including phenoxy) is 2. The Morgan fingerprint density at radius 1 is 1.15 bits per heavy atom. The monoisotopic (exact) mass is 282 g/mol. The average Bonchev–Trinajstić information content (AvgIpc) is 2.39. The zero-order valence-corrected chi connectivity index (χ0v) is 11.7. The highest BCUT2D eigenvalue weighted by atomic mass is 19.1. The summed E-state index contributed by atoms with van der Waals surface area (Å²) in [5.74, 6) is -1.22. The summed E-state index contributed by atoms with van der Waals surface area (Å²) in [4.78, 5) is 23.1. The molecule has 1 aromatic carbocycles. The average molecular weight is 282 g/mol. The Bertz CT molecular complexity index is 422. The van der Waals surface area contributed by atoms with E-state index in [-0.39, 0.29) is 31.2 Å². The van der Waals surface area contributed by atoms with Crippen LogP contribution < -0.4 is 0 Å². The Labute approximate surface area is 117 Å². The molecule has 0 aliphatic carbocycles. The van der Waals surface area contributed by atoms with Crippen LogP contribution in [0.2, 0.25) is 0 Å². The second-order valence-corrected chi connectivity index (χ2v) is 4.29. The molecule has 20 heavy (non-hydrogen) atoms. The van der Waals surface area contributed by atoms with Crippen molar-refractivity contribution in [1.29, 1.82) is 0 Å². The molecule has 0 aliphatic rings. The zero-order valence-electron chi connectivity index (χ0n) is 11.7. The fourth-order valence-corrected chi connectivity index (χ4v) is 1.70. The van der Waals surface area contributed by atoms with Crippen molar-refractivity contribution in [3.63, 3.8) is 0 Å². The van der Waals surface area contributed by atoms with E-state index in [1.807, 2.05) is 6.92 Å². The van der Waals surface area contributed by atoms with E-state index >= 15 is 0 Å². The Balaban J connectivity index is 2.80. The lowest BCUT2D eigenvalue weighted by atomic mass is 10.1. The van der Waals surface area contributed by atoms with E-state index in [1.54, 1.807) is 6.92 Å². The Morgan fingerprint density at radius 3 is 2.35 bits per heavy atom. The van der Waals surface area contributed by atoms with Crippen LogP contribution in [-0.2, 0) is 19.1 Å². The number of halogens is 1. The van der Waals surface area contributed by atoms with Crippen molar-refractivity contribution in [1.82, 2.24) is 0 Å². The van der Waals surface area contributed by atoms with Crippen molar-refractivity contribution in [2.24, 2.45) is 0 Å². The fourth-order valence-electron chi connectivity index (χ4n) is 1.70. The first-order valence-corrected chi connectivity index (χ1v) is 6.67. The van der Waals surface area contributed by atoms with E-state index in [9.17, 15) is 14.0 Å². The predicted molar refractivity (Wildman–Crippen MR) is 71.4 cm³/mol. The van der Waals surface area contributed by atoms with E-state index in [0.29, 0.717) is 12.0 Å². The first-order chi connectivity index (χ1) is 9.56. The van der Waals surface area contributed by atoms with Gasteiger partial charge in [0, 0.05) is 6.42 Å². The van der Waals surface area contributed by atoms with Crippen LogP contribution in [0.25, 0.3) is 0 Å². The summed E-state index contributed by atoms with van der Waals surface area (Å²) in [5, 5.41) is 0. The molecule has 0 saturated heterocycles. The van der Waals surface area contributed by atoms with Crippen LogP contribution in [0.3, 0.4) is 0 Å². The van der Waals surface area contributed by atoms with E-state index in [0.717, 1.165) is 0 Å².